The van der Waals surface area contributed by atoms with Gasteiger partial charge in [-0.25, -0.2) is 4.98 Å². The highest BCUT2D eigenvalue weighted by Gasteiger charge is 2.23. The summed E-state index contributed by atoms with van der Waals surface area (Å²) in [6, 6.07) is 8.81. The van der Waals surface area contributed by atoms with Crippen LogP contribution in [0.25, 0.3) is 0 Å². The number of rotatable bonds is 5. The number of thiazole rings is 1. The Bertz CT molecular complexity index is 585. The maximum atomic E-state index is 12.2. The first kappa shape index (κ1) is 13.2. The van der Waals surface area contributed by atoms with Gasteiger partial charge in [-0.1, -0.05) is 0 Å². The number of nitriles is 1. The van der Waals surface area contributed by atoms with Gasteiger partial charge in [0.05, 0.1) is 12.7 Å². The fraction of sp³-hybridized carbons (Fsp3) is 0.214. The summed E-state index contributed by atoms with van der Waals surface area (Å²) in [6.45, 7) is 2.47. The Labute approximate surface area is 115 Å². The number of benzene rings is 1. The van der Waals surface area contributed by atoms with Crippen molar-refractivity contribution >= 4 is 17.1 Å². The van der Waals surface area contributed by atoms with Gasteiger partial charge in [0.25, 0.3) is 0 Å². The third-order valence-corrected chi connectivity index (χ3v) is 3.38. The molecular weight excluding hydrogens is 260 g/mol. The first-order chi connectivity index (χ1) is 9.26. The molecule has 1 aromatic heterocycles. The Hall–Kier alpha value is -2.19. The molecule has 0 radical (unpaired) electrons. The van der Waals surface area contributed by atoms with Gasteiger partial charge in [-0.3, -0.25) is 4.79 Å². The molecule has 0 bridgehead atoms. The highest BCUT2D eigenvalue weighted by molar-refractivity contribution is 7.09. The van der Waals surface area contributed by atoms with Crippen molar-refractivity contribution in [3.05, 3.63) is 46.4 Å². The maximum Gasteiger partial charge on any atom is 0.186 e. The van der Waals surface area contributed by atoms with E-state index in [1.54, 1.807) is 35.8 Å². The Kier molecular flexibility index (Phi) is 4.26. The maximum absolute atomic E-state index is 12.2. The van der Waals surface area contributed by atoms with Crippen LogP contribution >= 0.6 is 11.3 Å². The zero-order valence-corrected chi connectivity index (χ0v) is 11.2. The molecule has 1 atom stereocenters. The van der Waals surface area contributed by atoms with Gasteiger partial charge in [-0.2, -0.15) is 5.26 Å². The molecule has 2 rings (SSSR count). The molecule has 96 valence electrons. The SMILES string of the molecule is CCOc1ccc(C(=O)C(C#N)c2nccs2)cc1. The minimum absolute atomic E-state index is 0.236. The number of carbonyl (C=O) groups is 1. The fourth-order valence-electron chi connectivity index (χ4n) is 1.65. The molecule has 0 aliphatic rings. The molecule has 0 fully saturated rings. The number of aromatic nitrogens is 1. The van der Waals surface area contributed by atoms with Gasteiger partial charge in [0.2, 0.25) is 0 Å². The van der Waals surface area contributed by atoms with Gasteiger partial charge < -0.3 is 4.74 Å². The van der Waals surface area contributed by atoms with Crippen LogP contribution in [0.5, 0.6) is 5.75 Å². The van der Waals surface area contributed by atoms with Crippen molar-refractivity contribution < 1.29 is 9.53 Å². The molecule has 1 aromatic carbocycles. The zero-order valence-electron chi connectivity index (χ0n) is 10.4. The predicted molar refractivity (Wildman–Crippen MR) is 72.4 cm³/mol. The van der Waals surface area contributed by atoms with Crippen LogP contribution in [0.4, 0.5) is 0 Å². The number of hydrogen-bond acceptors (Lipinski definition) is 5. The molecule has 1 unspecified atom stereocenters. The molecule has 0 aliphatic heterocycles. The molecule has 2 aromatic rings. The summed E-state index contributed by atoms with van der Waals surface area (Å²) in [5.74, 6) is -0.361. The van der Waals surface area contributed by atoms with Crippen LogP contribution in [0.2, 0.25) is 0 Å². The lowest BCUT2D eigenvalue weighted by Gasteiger charge is -2.07. The predicted octanol–water partition coefficient (Wildman–Crippen LogP) is 3.03. The minimum Gasteiger partial charge on any atom is -0.494 e. The summed E-state index contributed by atoms with van der Waals surface area (Å²) in [4.78, 5) is 16.3. The lowest BCUT2D eigenvalue weighted by molar-refractivity contribution is 0.0979. The van der Waals surface area contributed by atoms with E-state index in [1.807, 2.05) is 13.0 Å². The number of ether oxygens (including phenoxy) is 1. The van der Waals surface area contributed by atoms with Crippen molar-refractivity contribution in [2.75, 3.05) is 6.61 Å². The summed E-state index contributed by atoms with van der Waals surface area (Å²) < 4.78 is 5.31. The standard InChI is InChI=1S/C14H12N2O2S/c1-2-18-11-5-3-10(4-6-11)13(17)12(9-15)14-16-7-8-19-14/h3-8,12H,2H2,1H3. The number of nitrogens with zero attached hydrogens (tertiary/aromatic N) is 2. The quantitative estimate of drug-likeness (QED) is 0.785. The van der Waals surface area contributed by atoms with Gasteiger partial charge in [0.15, 0.2) is 11.7 Å². The van der Waals surface area contributed by atoms with Gasteiger partial charge in [-0.15, -0.1) is 11.3 Å². The molecule has 0 aliphatic carbocycles. The summed E-state index contributed by atoms with van der Waals surface area (Å²) >= 11 is 1.31. The average Bonchev–Trinajstić information content (AvgIpc) is 2.95. The Morgan fingerprint density at radius 2 is 2.21 bits per heavy atom. The summed E-state index contributed by atoms with van der Waals surface area (Å²) in [7, 11) is 0. The number of Topliss-reactive ketones (excluding diaryl/α,β-unsaturated/α-hetero) is 1. The second-order valence-corrected chi connectivity index (χ2v) is 4.68. The molecule has 0 spiro atoms. The summed E-state index contributed by atoms with van der Waals surface area (Å²) in [5, 5.41) is 11.4. The topological polar surface area (TPSA) is 63.0 Å². The highest BCUT2D eigenvalue weighted by Crippen LogP contribution is 2.23. The van der Waals surface area contributed by atoms with E-state index in [2.05, 4.69) is 4.98 Å². The van der Waals surface area contributed by atoms with E-state index in [0.717, 1.165) is 0 Å². The third-order valence-electron chi connectivity index (χ3n) is 2.54. The molecule has 0 saturated carbocycles. The second-order valence-electron chi connectivity index (χ2n) is 3.75. The van der Waals surface area contributed by atoms with Gasteiger partial charge in [-0.05, 0) is 31.2 Å². The molecule has 5 heteroatoms. The Balaban J connectivity index is 2.21. The van der Waals surface area contributed by atoms with Gasteiger partial charge >= 0.3 is 0 Å². The van der Waals surface area contributed by atoms with E-state index >= 15 is 0 Å². The van der Waals surface area contributed by atoms with Crippen molar-refractivity contribution in [2.24, 2.45) is 0 Å². The molecule has 4 nitrogen and oxygen atoms in total. The molecule has 0 N–H and O–H groups in total. The fourth-order valence-corrected chi connectivity index (χ4v) is 2.33. The monoisotopic (exact) mass is 272 g/mol. The van der Waals surface area contributed by atoms with Crippen LogP contribution in [0, 0.1) is 11.3 Å². The summed E-state index contributed by atoms with van der Waals surface area (Å²) in [5.41, 5.74) is 0.491. The van der Waals surface area contributed by atoms with Crippen LogP contribution in [-0.2, 0) is 0 Å². The molecular formula is C14H12N2O2S. The summed E-state index contributed by atoms with van der Waals surface area (Å²) in [6.07, 6.45) is 1.59. The van der Waals surface area contributed by atoms with Crippen molar-refractivity contribution in [1.29, 1.82) is 5.26 Å². The van der Waals surface area contributed by atoms with Crippen molar-refractivity contribution in [3.63, 3.8) is 0 Å². The Morgan fingerprint density at radius 3 is 2.74 bits per heavy atom. The van der Waals surface area contributed by atoms with E-state index in [9.17, 15) is 4.79 Å². The van der Waals surface area contributed by atoms with Gasteiger partial charge in [0.1, 0.15) is 10.8 Å². The van der Waals surface area contributed by atoms with Crippen LogP contribution in [-0.4, -0.2) is 17.4 Å². The zero-order chi connectivity index (χ0) is 13.7. The second kappa shape index (κ2) is 6.12. The molecule has 0 saturated heterocycles. The minimum atomic E-state index is -0.835. The number of hydrogen-bond donors (Lipinski definition) is 0. The van der Waals surface area contributed by atoms with Crippen LogP contribution in [0.1, 0.15) is 28.2 Å². The van der Waals surface area contributed by atoms with E-state index in [4.69, 9.17) is 10.00 Å². The van der Waals surface area contributed by atoms with Crippen LogP contribution in [0.3, 0.4) is 0 Å². The first-order valence-corrected chi connectivity index (χ1v) is 6.70. The van der Waals surface area contributed by atoms with E-state index in [0.29, 0.717) is 22.9 Å². The molecule has 19 heavy (non-hydrogen) atoms. The van der Waals surface area contributed by atoms with Crippen molar-refractivity contribution in [3.8, 4) is 11.8 Å². The Morgan fingerprint density at radius 1 is 1.47 bits per heavy atom. The lowest BCUT2D eigenvalue weighted by atomic mass is 9.99. The van der Waals surface area contributed by atoms with Crippen molar-refractivity contribution in [1.82, 2.24) is 4.98 Å². The largest absolute Gasteiger partial charge is 0.494 e. The first-order valence-electron chi connectivity index (χ1n) is 5.82. The third kappa shape index (κ3) is 2.98. The normalized spacial score (nSPS) is 11.6. The van der Waals surface area contributed by atoms with E-state index in [-0.39, 0.29) is 5.78 Å². The highest BCUT2D eigenvalue weighted by atomic mass is 32.1. The number of carbonyl (C=O) groups excluding carboxylic acids is 1. The lowest BCUT2D eigenvalue weighted by Crippen LogP contribution is -2.11. The number of ketones is 1. The van der Waals surface area contributed by atoms with Crippen molar-refractivity contribution in [2.45, 2.75) is 12.8 Å². The smallest absolute Gasteiger partial charge is 0.186 e. The van der Waals surface area contributed by atoms with Crippen LogP contribution < -0.4 is 4.74 Å². The van der Waals surface area contributed by atoms with Gasteiger partial charge in [0, 0.05) is 17.1 Å². The van der Waals surface area contributed by atoms with E-state index in [1.165, 1.54) is 11.3 Å². The average molecular weight is 272 g/mol. The molecule has 0 amide bonds. The van der Waals surface area contributed by atoms with E-state index < -0.39 is 5.92 Å². The van der Waals surface area contributed by atoms with Crippen LogP contribution in [0.15, 0.2) is 35.8 Å². The molecule has 1 heterocycles.